The van der Waals surface area contributed by atoms with E-state index in [9.17, 15) is 0 Å². The molecule has 0 spiro atoms. The summed E-state index contributed by atoms with van der Waals surface area (Å²) in [6.07, 6.45) is 6.56. The number of anilines is 1. The van der Waals surface area contributed by atoms with Crippen LogP contribution in [-0.4, -0.2) is 28.8 Å². The van der Waals surface area contributed by atoms with E-state index in [4.69, 9.17) is 14.5 Å². The van der Waals surface area contributed by atoms with E-state index in [0.717, 1.165) is 33.9 Å². The fourth-order valence-electron chi connectivity index (χ4n) is 4.84. The molecule has 2 aromatic heterocycles. The Morgan fingerprint density at radius 1 is 0.909 bits per heavy atom. The molecule has 0 radical (unpaired) electrons. The quantitative estimate of drug-likeness (QED) is 0.359. The molecule has 2 heterocycles. The average molecular weight is 443 g/mol. The van der Waals surface area contributed by atoms with Crippen molar-refractivity contribution in [3.63, 3.8) is 0 Å². The van der Waals surface area contributed by atoms with Gasteiger partial charge in [0.1, 0.15) is 29.3 Å². The standard InChI is InChI=1S/C27H30N4O2/c1-18(19-8-12-22(32-2)13-9-19)30-26-24-16-25(20-10-14-23(33-3)15-11-20)31(21-6-4-5-7-21)27(24)29-17-28-26/h8-18,21H,4-7H2,1-3H3,(H,28,29,30). The number of fused-ring (bicyclic) bond motifs is 1. The second kappa shape index (κ2) is 9.14. The maximum Gasteiger partial charge on any atom is 0.146 e. The SMILES string of the molecule is COc1ccc(-c2cc3c(NC(C)c4ccc(OC)cc4)ncnc3n2C2CCCC2)cc1. The predicted molar refractivity (Wildman–Crippen MR) is 132 cm³/mol. The van der Waals surface area contributed by atoms with Crippen molar-refractivity contribution in [2.75, 3.05) is 19.5 Å². The first-order chi connectivity index (χ1) is 16.2. The van der Waals surface area contributed by atoms with Crippen molar-refractivity contribution in [3.8, 4) is 22.8 Å². The van der Waals surface area contributed by atoms with Gasteiger partial charge >= 0.3 is 0 Å². The highest BCUT2D eigenvalue weighted by atomic mass is 16.5. The normalized spacial score (nSPS) is 15.0. The fraction of sp³-hybridized carbons (Fsp3) is 0.333. The number of hydrogen-bond donors (Lipinski definition) is 1. The van der Waals surface area contributed by atoms with E-state index >= 15 is 0 Å². The lowest BCUT2D eigenvalue weighted by atomic mass is 10.1. The second-order valence-electron chi connectivity index (χ2n) is 8.67. The summed E-state index contributed by atoms with van der Waals surface area (Å²) in [4.78, 5) is 9.37. The minimum Gasteiger partial charge on any atom is -0.497 e. The highest BCUT2D eigenvalue weighted by Crippen LogP contribution is 2.40. The van der Waals surface area contributed by atoms with Crippen LogP contribution in [0.4, 0.5) is 5.82 Å². The molecule has 170 valence electrons. The summed E-state index contributed by atoms with van der Waals surface area (Å²) in [6.45, 7) is 2.15. The van der Waals surface area contributed by atoms with Crippen LogP contribution in [0.25, 0.3) is 22.3 Å². The molecule has 6 nitrogen and oxygen atoms in total. The third-order valence-electron chi connectivity index (χ3n) is 6.68. The topological polar surface area (TPSA) is 61.2 Å². The van der Waals surface area contributed by atoms with Crippen LogP contribution in [0.2, 0.25) is 0 Å². The van der Waals surface area contributed by atoms with Gasteiger partial charge in [0, 0.05) is 12.1 Å². The number of methoxy groups -OCH3 is 2. The van der Waals surface area contributed by atoms with Crippen LogP contribution < -0.4 is 14.8 Å². The molecule has 2 aromatic carbocycles. The lowest BCUT2D eigenvalue weighted by Crippen LogP contribution is -2.10. The van der Waals surface area contributed by atoms with E-state index in [-0.39, 0.29) is 6.04 Å². The van der Waals surface area contributed by atoms with Crippen molar-refractivity contribution >= 4 is 16.9 Å². The molecule has 33 heavy (non-hydrogen) atoms. The van der Waals surface area contributed by atoms with Gasteiger partial charge in [-0.15, -0.1) is 0 Å². The summed E-state index contributed by atoms with van der Waals surface area (Å²) in [5.74, 6) is 2.57. The molecule has 6 heteroatoms. The summed E-state index contributed by atoms with van der Waals surface area (Å²) in [5.41, 5.74) is 4.51. The number of hydrogen-bond acceptors (Lipinski definition) is 5. The van der Waals surface area contributed by atoms with Crippen LogP contribution in [0.15, 0.2) is 60.9 Å². The third-order valence-corrected chi connectivity index (χ3v) is 6.68. The molecule has 0 amide bonds. The minimum atomic E-state index is 0.0910. The molecule has 1 unspecified atom stereocenters. The highest BCUT2D eigenvalue weighted by Gasteiger charge is 2.24. The maximum atomic E-state index is 5.37. The van der Waals surface area contributed by atoms with Crippen molar-refractivity contribution in [1.29, 1.82) is 0 Å². The van der Waals surface area contributed by atoms with Crippen LogP contribution in [0, 0.1) is 0 Å². The first-order valence-electron chi connectivity index (χ1n) is 11.6. The number of benzene rings is 2. The molecule has 1 aliphatic rings. The van der Waals surface area contributed by atoms with Gasteiger partial charge in [-0.2, -0.15) is 0 Å². The van der Waals surface area contributed by atoms with Gasteiger partial charge in [-0.25, -0.2) is 9.97 Å². The molecule has 1 aliphatic carbocycles. The Bertz CT molecular complexity index is 1230. The van der Waals surface area contributed by atoms with Crippen LogP contribution in [0.5, 0.6) is 11.5 Å². The monoisotopic (exact) mass is 442 g/mol. The minimum absolute atomic E-state index is 0.0910. The third kappa shape index (κ3) is 4.13. The highest BCUT2D eigenvalue weighted by molar-refractivity contribution is 5.92. The maximum absolute atomic E-state index is 5.37. The van der Waals surface area contributed by atoms with Crippen LogP contribution in [0.1, 0.15) is 50.3 Å². The van der Waals surface area contributed by atoms with E-state index in [0.29, 0.717) is 6.04 Å². The molecule has 0 saturated heterocycles. The zero-order valence-corrected chi connectivity index (χ0v) is 19.4. The van der Waals surface area contributed by atoms with E-state index in [1.54, 1.807) is 20.5 Å². The Hall–Kier alpha value is -3.54. The van der Waals surface area contributed by atoms with Crippen LogP contribution in [0.3, 0.4) is 0 Å². The molecule has 1 N–H and O–H groups in total. The Morgan fingerprint density at radius 2 is 1.55 bits per heavy atom. The molecule has 0 aliphatic heterocycles. The van der Waals surface area contributed by atoms with E-state index in [1.807, 2.05) is 24.3 Å². The van der Waals surface area contributed by atoms with Crippen LogP contribution in [-0.2, 0) is 0 Å². The van der Waals surface area contributed by atoms with Crippen molar-refractivity contribution in [3.05, 3.63) is 66.5 Å². The molecule has 1 atom stereocenters. The molecule has 5 rings (SSSR count). The molecule has 1 fully saturated rings. The number of rotatable bonds is 7. The van der Waals surface area contributed by atoms with Gasteiger partial charge in [0.15, 0.2) is 0 Å². The number of ether oxygens (including phenoxy) is 2. The van der Waals surface area contributed by atoms with Gasteiger partial charge in [-0.05, 0) is 73.4 Å². The lowest BCUT2D eigenvalue weighted by molar-refractivity contribution is 0.414. The smallest absolute Gasteiger partial charge is 0.146 e. The summed E-state index contributed by atoms with van der Waals surface area (Å²) in [5, 5.41) is 4.67. The van der Waals surface area contributed by atoms with Crippen molar-refractivity contribution in [1.82, 2.24) is 14.5 Å². The molecule has 0 bridgehead atoms. The Kier molecular flexibility index (Phi) is 5.90. The average Bonchev–Trinajstić information content (AvgIpc) is 3.52. The molecular weight excluding hydrogens is 412 g/mol. The van der Waals surface area contributed by atoms with Gasteiger partial charge in [0.2, 0.25) is 0 Å². The molecular formula is C27H30N4O2. The van der Waals surface area contributed by atoms with E-state index in [2.05, 4.69) is 52.1 Å². The summed E-state index contributed by atoms with van der Waals surface area (Å²) in [7, 11) is 3.38. The van der Waals surface area contributed by atoms with Gasteiger partial charge in [0.25, 0.3) is 0 Å². The first kappa shape index (κ1) is 21.3. The van der Waals surface area contributed by atoms with Crippen molar-refractivity contribution in [2.24, 2.45) is 0 Å². The zero-order chi connectivity index (χ0) is 22.8. The molecule has 1 saturated carbocycles. The lowest BCUT2D eigenvalue weighted by Gasteiger charge is -2.18. The largest absolute Gasteiger partial charge is 0.497 e. The molecule has 4 aromatic rings. The number of nitrogens with one attached hydrogen (secondary N) is 1. The fourth-order valence-corrected chi connectivity index (χ4v) is 4.84. The van der Waals surface area contributed by atoms with Gasteiger partial charge in [-0.3, -0.25) is 0 Å². The summed E-state index contributed by atoms with van der Waals surface area (Å²) in [6, 6.07) is 19.2. The van der Waals surface area contributed by atoms with Gasteiger partial charge in [-0.1, -0.05) is 25.0 Å². The Balaban J connectivity index is 1.56. The Labute approximate surface area is 194 Å². The zero-order valence-electron chi connectivity index (χ0n) is 19.4. The van der Waals surface area contributed by atoms with Gasteiger partial charge < -0.3 is 19.4 Å². The van der Waals surface area contributed by atoms with Gasteiger partial charge in [0.05, 0.1) is 25.3 Å². The number of nitrogens with zero attached hydrogens (tertiary/aromatic N) is 3. The van der Waals surface area contributed by atoms with E-state index in [1.165, 1.54) is 36.9 Å². The first-order valence-corrected chi connectivity index (χ1v) is 11.6. The van der Waals surface area contributed by atoms with Crippen molar-refractivity contribution in [2.45, 2.75) is 44.7 Å². The van der Waals surface area contributed by atoms with E-state index < -0.39 is 0 Å². The Morgan fingerprint density at radius 3 is 2.18 bits per heavy atom. The van der Waals surface area contributed by atoms with Crippen LogP contribution >= 0.6 is 0 Å². The summed E-state index contributed by atoms with van der Waals surface area (Å²) < 4.78 is 13.1. The van der Waals surface area contributed by atoms with Crippen molar-refractivity contribution < 1.29 is 9.47 Å². The number of aromatic nitrogens is 3. The predicted octanol–water partition coefficient (Wildman–Crippen LogP) is 6.40. The second-order valence-corrected chi connectivity index (χ2v) is 8.67. The summed E-state index contributed by atoms with van der Waals surface area (Å²) >= 11 is 0.